The Labute approximate surface area is 188 Å². The Morgan fingerprint density at radius 1 is 1.25 bits per heavy atom. The summed E-state index contributed by atoms with van der Waals surface area (Å²) in [4.78, 5) is 72.8. The van der Waals surface area contributed by atoms with Crippen molar-refractivity contribution in [2.24, 2.45) is 11.1 Å². The van der Waals surface area contributed by atoms with Gasteiger partial charge in [-0.15, -0.1) is 10.1 Å². The van der Waals surface area contributed by atoms with Crippen molar-refractivity contribution in [1.29, 1.82) is 0 Å². The van der Waals surface area contributed by atoms with E-state index in [1.165, 1.54) is 0 Å². The lowest BCUT2D eigenvalue weighted by atomic mass is 9.95. The fraction of sp³-hybridized carbons (Fsp3) is 0.706. The summed E-state index contributed by atoms with van der Waals surface area (Å²) in [6.07, 6.45) is -0.368. The molecule has 0 aromatic heterocycles. The van der Waals surface area contributed by atoms with Crippen LogP contribution in [0.25, 0.3) is 0 Å². The third kappa shape index (κ3) is 12.7. The molecule has 14 nitrogen and oxygen atoms in total. The smallest absolute Gasteiger partial charge is 0.329 e. The number of Topliss-reactive ketones (excluding diaryl/α,β-unsaturated/α-hetero) is 1. The molecule has 182 valence electrons. The van der Waals surface area contributed by atoms with Crippen LogP contribution in [0.15, 0.2) is 0 Å². The van der Waals surface area contributed by atoms with Crippen LogP contribution in [-0.4, -0.2) is 83.6 Å². The van der Waals surface area contributed by atoms with E-state index in [0.717, 1.165) is 18.9 Å². The molecule has 0 bridgehead atoms. The molecule has 0 aromatic rings. The predicted molar refractivity (Wildman–Crippen MR) is 111 cm³/mol. The number of thioether (sulfide) groups is 1. The van der Waals surface area contributed by atoms with Crippen molar-refractivity contribution in [2.45, 2.75) is 38.8 Å². The summed E-state index contributed by atoms with van der Waals surface area (Å²) in [6, 6.07) is -2.34. The van der Waals surface area contributed by atoms with Gasteiger partial charge in [-0.3, -0.25) is 19.2 Å². The van der Waals surface area contributed by atoms with Crippen LogP contribution in [0, 0.1) is 15.5 Å². The van der Waals surface area contributed by atoms with Gasteiger partial charge in [-0.2, -0.15) is 11.8 Å². The number of carboxylic acids is 1. The molecule has 0 aliphatic heterocycles. The number of carbonyl (C=O) groups excluding carboxylic acids is 4. The maximum atomic E-state index is 12.0. The van der Waals surface area contributed by atoms with Crippen molar-refractivity contribution in [1.82, 2.24) is 10.6 Å². The van der Waals surface area contributed by atoms with Gasteiger partial charge in [0.25, 0.3) is 11.0 Å². The quantitative estimate of drug-likeness (QED) is 0.0857. The second kappa shape index (κ2) is 14.2. The van der Waals surface area contributed by atoms with Gasteiger partial charge in [-0.1, -0.05) is 13.8 Å². The van der Waals surface area contributed by atoms with Crippen LogP contribution in [0.3, 0.4) is 0 Å². The zero-order valence-electron chi connectivity index (χ0n) is 18.0. The number of nitrogens with one attached hydrogen (secondary N) is 2. The number of methoxy groups -OCH3 is 1. The summed E-state index contributed by atoms with van der Waals surface area (Å²) < 4.78 is 4.59. The highest BCUT2D eigenvalue weighted by Gasteiger charge is 2.25. The zero-order chi connectivity index (χ0) is 24.9. The van der Waals surface area contributed by atoms with Crippen LogP contribution >= 0.6 is 11.8 Å². The Kier molecular flexibility index (Phi) is 12.9. The second-order valence-electron chi connectivity index (χ2n) is 7.41. The number of hydrogen-bond acceptors (Lipinski definition) is 11. The van der Waals surface area contributed by atoms with Crippen molar-refractivity contribution in [2.75, 3.05) is 31.8 Å². The van der Waals surface area contributed by atoms with E-state index in [4.69, 9.17) is 10.8 Å². The number of carboxylic acid groups (broad SMARTS) is 1. The number of nitrogens with zero attached hydrogens (tertiary/aromatic N) is 1. The van der Waals surface area contributed by atoms with Gasteiger partial charge in [0.05, 0.1) is 12.9 Å². The summed E-state index contributed by atoms with van der Waals surface area (Å²) in [5.41, 5.74) is 4.53. The number of rotatable bonds is 16. The number of hydrogen-bond donors (Lipinski definition) is 4. The average Bonchev–Trinajstić information content (AvgIpc) is 2.72. The lowest BCUT2D eigenvalue weighted by Crippen LogP contribution is -2.44. The highest BCUT2D eigenvalue weighted by atomic mass is 32.2. The topological polar surface area (TPSA) is 217 Å². The van der Waals surface area contributed by atoms with Crippen LogP contribution in [0.2, 0.25) is 0 Å². The van der Waals surface area contributed by atoms with Crippen molar-refractivity contribution in [3.8, 4) is 0 Å². The van der Waals surface area contributed by atoms with Gasteiger partial charge in [0.15, 0.2) is 0 Å². The molecule has 2 amide bonds. The molecule has 0 saturated carbocycles. The van der Waals surface area contributed by atoms with Crippen molar-refractivity contribution < 1.29 is 43.7 Å². The van der Waals surface area contributed by atoms with Crippen molar-refractivity contribution in [3.63, 3.8) is 0 Å². The molecule has 0 saturated heterocycles. The Hall–Kier alpha value is -2.94. The van der Waals surface area contributed by atoms with Crippen LogP contribution in [-0.2, 0) is 33.5 Å². The number of esters is 1. The molecule has 0 aromatic carbocycles. The van der Waals surface area contributed by atoms with E-state index in [1.807, 2.05) is 0 Å². The summed E-state index contributed by atoms with van der Waals surface area (Å²) in [5.74, 6) is -4.76. The number of carbonyl (C=O) groups is 5. The Bertz CT molecular complexity index is 715. The van der Waals surface area contributed by atoms with Gasteiger partial charge in [-0.05, 0) is 6.42 Å². The van der Waals surface area contributed by atoms with E-state index in [0.29, 0.717) is 0 Å². The summed E-state index contributed by atoms with van der Waals surface area (Å²) >= 11 is 0.902. The first kappa shape index (κ1) is 29.1. The average molecular weight is 480 g/mol. The van der Waals surface area contributed by atoms with E-state index in [2.05, 4.69) is 20.2 Å². The minimum atomic E-state index is -1.26. The van der Waals surface area contributed by atoms with E-state index in [1.54, 1.807) is 13.8 Å². The molecular weight excluding hydrogens is 452 g/mol. The molecule has 0 fully saturated rings. The molecule has 0 spiro atoms. The molecule has 0 aliphatic rings. The van der Waals surface area contributed by atoms with Gasteiger partial charge in [-0.25, -0.2) is 4.79 Å². The lowest BCUT2D eigenvalue weighted by Gasteiger charge is -2.23. The molecule has 0 rings (SSSR count). The molecule has 0 unspecified atom stereocenters. The SMILES string of the molecule is COC(=O)[C@H](CSCC(=O)C(=O)NCC(C)(C)CO[N+](=O)[O-])NC(=O)CC[C@H](N)C(=O)O. The third-order valence-electron chi connectivity index (χ3n) is 3.88. The monoisotopic (exact) mass is 480 g/mol. The highest BCUT2D eigenvalue weighted by Crippen LogP contribution is 2.14. The zero-order valence-corrected chi connectivity index (χ0v) is 18.8. The van der Waals surface area contributed by atoms with Gasteiger partial charge in [0, 0.05) is 24.1 Å². The summed E-state index contributed by atoms with van der Waals surface area (Å²) in [5, 5.41) is 22.7. The molecule has 5 N–H and O–H groups in total. The highest BCUT2D eigenvalue weighted by molar-refractivity contribution is 8.00. The summed E-state index contributed by atoms with van der Waals surface area (Å²) in [6.45, 7) is 2.88. The third-order valence-corrected chi connectivity index (χ3v) is 4.91. The normalized spacial score (nSPS) is 12.8. The maximum absolute atomic E-state index is 12.0. The first-order valence-corrected chi connectivity index (χ1v) is 10.5. The molecule has 0 aliphatic carbocycles. The number of nitrogens with two attached hydrogens (primary N) is 1. The Balaban J connectivity index is 4.53. The lowest BCUT2D eigenvalue weighted by molar-refractivity contribution is -0.760. The maximum Gasteiger partial charge on any atom is 0.329 e. The minimum absolute atomic E-state index is 0.0462. The van der Waals surface area contributed by atoms with Crippen LogP contribution < -0.4 is 16.4 Å². The Morgan fingerprint density at radius 2 is 1.88 bits per heavy atom. The largest absolute Gasteiger partial charge is 0.480 e. The first-order chi connectivity index (χ1) is 14.8. The van der Waals surface area contributed by atoms with E-state index in [9.17, 15) is 34.1 Å². The van der Waals surface area contributed by atoms with E-state index < -0.39 is 52.1 Å². The molecular formula is C17H28N4O10S. The number of amides is 2. The fourth-order valence-electron chi connectivity index (χ4n) is 2.02. The Morgan fingerprint density at radius 3 is 2.41 bits per heavy atom. The van der Waals surface area contributed by atoms with Gasteiger partial charge in [0.1, 0.15) is 18.7 Å². The molecule has 32 heavy (non-hydrogen) atoms. The minimum Gasteiger partial charge on any atom is -0.480 e. The van der Waals surface area contributed by atoms with Gasteiger partial charge < -0.3 is 31.0 Å². The number of ketones is 1. The van der Waals surface area contributed by atoms with Crippen LogP contribution in [0.5, 0.6) is 0 Å². The standard InChI is InChI=1S/C17H28N4O10S/c1-17(2,9-31-21(28)29)8-19-14(24)12(22)7-32-6-11(16(27)30-3)20-13(23)5-4-10(18)15(25)26/h10-11H,4-9,18H2,1-3H3,(H,19,24)(H,20,23)(H,25,26)/t10-,11-/m0/s1. The molecule has 15 heteroatoms. The number of ether oxygens (including phenoxy) is 1. The summed E-state index contributed by atoms with van der Waals surface area (Å²) in [7, 11) is 1.11. The van der Waals surface area contributed by atoms with Crippen LogP contribution in [0.4, 0.5) is 0 Å². The molecule has 2 atom stereocenters. The first-order valence-electron chi connectivity index (χ1n) is 9.30. The second-order valence-corrected chi connectivity index (χ2v) is 8.44. The molecule has 0 heterocycles. The van der Waals surface area contributed by atoms with Crippen LogP contribution in [0.1, 0.15) is 26.7 Å². The van der Waals surface area contributed by atoms with Crippen molar-refractivity contribution in [3.05, 3.63) is 10.1 Å². The number of aliphatic carboxylic acids is 1. The van der Waals surface area contributed by atoms with Crippen molar-refractivity contribution >= 4 is 41.3 Å². The predicted octanol–water partition coefficient (Wildman–Crippen LogP) is -1.51. The van der Waals surface area contributed by atoms with E-state index >= 15 is 0 Å². The fourth-order valence-corrected chi connectivity index (χ4v) is 2.91. The van der Waals surface area contributed by atoms with E-state index in [-0.39, 0.29) is 37.5 Å². The van der Waals surface area contributed by atoms with Gasteiger partial charge in [0.2, 0.25) is 11.7 Å². The molecule has 0 radical (unpaired) electrons. The van der Waals surface area contributed by atoms with Gasteiger partial charge >= 0.3 is 11.9 Å².